The van der Waals surface area contributed by atoms with Gasteiger partial charge in [0.1, 0.15) is 0 Å². The second-order valence-corrected chi connectivity index (χ2v) is 7.28. The number of nitrogens with one attached hydrogen (secondary N) is 1. The summed E-state index contributed by atoms with van der Waals surface area (Å²) >= 11 is 0. The van der Waals surface area contributed by atoms with E-state index >= 15 is 0 Å². The third-order valence-electron chi connectivity index (χ3n) is 4.49. The molecule has 21 heavy (non-hydrogen) atoms. The highest BCUT2D eigenvalue weighted by Gasteiger charge is 2.21. The summed E-state index contributed by atoms with van der Waals surface area (Å²) in [5, 5.41) is 3.85. The fourth-order valence-electron chi connectivity index (χ4n) is 3.61. The van der Waals surface area contributed by atoms with Gasteiger partial charge in [0, 0.05) is 19.1 Å². The highest BCUT2D eigenvalue weighted by Crippen LogP contribution is 2.31. The summed E-state index contributed by atoms with van der Waals surface area (Å²) in [6.45, 7) is 6.90. The van der Waals surface area contributed by atoms with Gasteiger partial charge in [-0.05, 0) is 62.7 Å². The second-order valence-electron chi connectivity index (χ2n) is 7.28. The standard InChI is InChI=1S/C19H32N2/c1-15(2)12-18(14-21(3)4)20-13-17-10-7-9-16-8-5-6-11-19(16)17/h5-6,8,11,15,17-18,20H,7,9-10,12-14H2,1-4H3. The zero-order chi connectivity index (χ0) is 15.2. The van der Waals surface area contributed by atoms with Crippen LogP contribution < -0.4 is 5.32 Å². The van der Waals surface area contributed by atoms with Crippen LogP contribution in [-0.4, -0.2) is 38.1 Å². The Hall–Kier alpha value is -0.860. The molecule has 0 bridgehead atoms. The van der Waals surface area contributed by atoms with E-state index in [0.717, 1.165) is 19.0 Å². The molecule has 1 aliphatic rings. The smallest absolute Gasteiger partial charge is 0.0197 e. The zero-order valence-corrected chi connectivity index (χ0v) is 14.2. The number of hydrogen-bond acceptors (Lipinski definition) is 2. The van der Waals surface area contributed by atoms with Gasteiger partial charge in [-0.1, -0.05) is 38.1 Å². The van der Waals surface area contributed by atoms with E-state index in [1.807, 2.05) is 0 Å². The van der Waals surface area contributed by atoms with Gasteiger partial charge >= 0.3 is 0 Å². The lowest BCUT2D eigenvalue weighted by Crippen LogP contribution is -2.41. The molecule has 0 radical (unpaired) electrons. The number of benzene rings is 1. The summed E-state index contributed by atoms with van der Waals surface area (Å²) in [5.74, 6) is 1.45. The lowest BCUT2D eigenvalue weighted by Gasteiger charge is -2.29. The Kier molecular flexibility index (Phi) is 6.25. The average Bonchev–Trinajstić information content (AvgIpc) is 2.43. The molecule has 118 valence electrons. The van der Waals surface area contributed by atoms with Crippen molar-refractivity contribution in [2.24, 2.45) is 5.92 Å². The molecular formula is C19H32N2. The molecular weight excluding hydrogens is 256 g/mol. The number of likely N-dealkylation sites (N-methyl/N-ethyl adjacent to an activating group) is 1. The van der Waals surface area contributed by atoms with Crippen LogP contribution in [0.3, 0.4) is 0 Å². The lowest BCUT2D eigenvalue weighted by atomic mass is 9.82. The Balaban J connectivity index is 1.94. The minimum Gasteiger partial charge on any atom is -0.312 e. The minimum atomic E-state index is 0.606. The molecule has 2 rings (SSSR count). The normalized spacial score (nSPS) is 19.8. The first-order valence-corrected chi connectivity index (χ1v) is 8.52. The van der Waals surface area contributed by atoms with Gasteiger partial charge in [-0.15, -0.1) is 0 Å². The molecule has 0 spiro atoms. The molecule has 2 unspecified atom stereocenters. The number of rotatable bonds is 7. The maximum Gasteiger partial charge on any atom is 0.0197 e. The number of fused-ring (bicyclic) bond motifs is 1. The summed E-state index contributed by atoms with van der Waals surface area (Å²) in [5.41, 5.74) is 3.16. The van der Waals surface area contributed by atoms with Crippen molar-refractivity contribution in [2.75, 3.05) is 27.2 Å². The first-order chi connectivity index (χ1) is 10.1. The van der Waals surface area contributed by atoms with Gasteiger partial charge in [0.15, 0.2) is 0 Å². The molecule has 0 fully saturated rings. The van der Waals surface area contributed by atoms with Crippen molar-refractivity contribution in [3.05, 3.63) is 35.4 Å². The molecule has 0 heterocycles. The van der Waals surface area contributed by atoms with Crippen molar-refractivity contribution < 1.29 is 0 Å². The molecule has 2 nitrogen and oxygen atoms in total. The van der Waals surface area contributed by atoms with Crippen LogP contribution in [-0.2, 0) is 6.42 Å². The van der Waals surface area contributed by atoms with Crippen molar-refractivity contribution in [2.45, 2.75) is 51.5 Å². The van der Waals surface area contributed by atoms with Crippen LogP contribution in [0.5, 0.6) is 0 Å². The Morgan fingerprint density at radius 2 is 2.00 bits per heavy atom. The van der Waals surface area contributed by atoms with E-state index in [1.165, 1.54) is 25.7 Å². The minimum absolute atomic E-state index is 0.606. The SMILES string of the molecule is CC(C)CC(CN(C)C)NCC1CCCc2ccccc21. The van der Waals surface area contributed by atoms with Crippen LogP contribution >= 0.6 is 0 Å². The maximum atomic E-state index is 3.85. The largest absolute Gasteiger partial charge is 0.312 e. The van der Waals surface area contributed by atoms with Crippen LogP contribution in [0.25, 0.3) is 0 Å². The van der Waals surface area contributed by atoms with E-state index in [-0.39, 0.29) is 0 Å². The topological polar surface area (TPSA) is 15.3 Å². The van der Waals surface area contributed by atoms with Gasteiger partial charge in [-0.2, -0.15) is 0 Å². The summed E-state index contributed by atoms with van der Waals surface area (Å²) in [6, 6.07) is 9.64. The van der Waals surface area contributed by atoms with Gasteiger partial charge in [-0.25, -0.2) is 0 Å². The first kappa shape index (κ1) is 16.5. The third kappa shape index (κ3) is 5.12. The molecule has 0 saturated heterocycles. The van der Waals surface area contributed by atoms with Crippen LogP contribution in [0.2, 0.25) is 0 Å². The molecule has 1 aliphatic carbocycles. The quantitative estimate of drug-likeness (QED) is 0.823. The van der Waals surface area contributed by atoms with Crippen molar-refractivity contribution in [1.82, 2.24) is 10.2 Å². The fraction of sp³-hybridized carbons (Fsp3) is 0.684. The molecule has 0 aromatic heterocycles. The molecule has 2 atom stereocenters. The van der Waals surface area contributed by atoms with Crippen LogP contribution in [0, 0.1) is 5.92 Å². The Labute approximate surface area is 130 Å². The molecule has 1 aromatic carbocycles. The second kappa shape index (κ2) is 7.95. The van der Waals surface area contributed by atoms with E-state index in [4.69, 9.17) is 0 Å². The Morgan fingerprint density at radius 3 is 2.71 bits per heavy atom. The van der Waals surface area contributed by atoms with Crippen LogP contribution in [0.1, 0.15) is 50.2 Å². The highest BCUT2D eigenvalue weighted by molar-refractivity contribution is 5.32. The van der Waals surface area contributed by atoms with E-state index in [0.29, 0.717) is 12.0 Å². The molecule has 2 heteroatoms. The summed E-state index contributed by atoms with van der Waals surface area (Å²) < 4.78 is 0. The van der Waals surface area contributed by atoms with E-state index < -0.39 is 0 Å². The van der Waals surface area contributed by atoms with Gasteiger partial charge < -0.3 is 10.2 Å². The first-order valence-electron chi connectivity index (χ1n) is 8.52. The molecule has 1 aromatic rings. The van der Waals surface area contributed by atoms with Crippen molar-refractivity contribution >= 4 is 0 Å². The predicted octanol–water partition coefficient (Wildman–Crippen LogP) is 3.67. The number of hydrogen-bond donors (Lipinski definition) is 1. The van der Waals surface area contributed by atoms with E-state index in [9.17, 15) is 0 Å². The molecule has 0 saturated carbocycles. The Bertz CT molecular complexity index is 415. The monoisotopic (exact) mass is 288 g/mol. The van der Waals surface area contributed by atoms with Gasteiger partial charge in [0.25, 0.3) is 0 Å². The van der Waals surface area contributed by atoms with E-state index in [2.05, 4.69) is 62.4 Å². The third-order valence-corrected chi connectivity index (χ3v) is 4.49. The van der Waals surface area contributed by atoms with Crippen LogP contribution in [0.4, 0.5) is 0 Å². The maximum absolute atomic E-state index is 3.85. The summed E-state index contributed by atoms with van der Waals surface area (Å²) in [7, 11) is 4.34. The van der Waals surface area contributed by atoms with Gasteiger partial charge in [-0.3, -0.25) is 0 Å². The van der Waals surface area contributed by atoms with Crippen molar-refractivity contribution in [1.29, 1.82) is 0 Å². The van der Waals surface area contributed by atoms with Crippen molar-refractivity contribution in [3.63, 3.8) is 0 Å². The van der Waals surface area contributed by atoms with Crippen LogP contribution in [0.15, 0.2) is 24.3 Å². The summed E-state index contributed by atoms with van der Waals surface area (Å²) in [4.78, 5) is 2.30. The lowest BCUT2D eigenvalue weighted by molar-refractivity contribution is 0.299. The van der Waals surface area contributed by atoms with E-state index in [1.54, 1.807) is 11.1 Å². The van der Waals surface area contributed by atoms with Gasteiger partial charge in [0.05, 0.1) is 0 Å². The molecule has 1 N–H and O–H groups in total. The average molecular weight is 288 g/mol. The molecule has 0 amide bonds. The highest BCUT2D eigenvalue weighted by atomic mass is 15.1. The number of aryl methyl sites for hydroxylation is 1. The summed E-state index contributed by atoms with van der Waals surface area (Å²) in [6.07, 6.45) is 5.19. The molecule has 0 aliphatic heterocycles. The number of nitrogens with zero attached hydrogens (tertiary/aromatic N) is 1. The predicted molar refractivity (Wildman–Crippen MR) is 91.9 cm³/mol. The fourth-order valence-corrected chi connectivity index (χ4v) is 3.61. The zero-order valence-electron chi connectivity index (χ0n) is 14.2. The van der Waals surface area contributed by atoms with Crippen molar-refractivity contribution in [3.8, 4) is 0 Å². The van der Waals surface area contributed by atoms with Gasteiger partial charge in [0.2, 0.25) is 0 Å². The Morgan fingerprint density at radius 1 is 1.24 bits per heavy atom.